The van der Waals surface area contributed by atoms with Crippen molar-refractivity contribution in [3.8, 4) is 11.4 Å². The molecule has 3 rings (SSSR count). The van der Waals surface area contributed by atoms with Crippen molar-refractivity contribution in [2.45, 2.75) is 6.92 Å². The number of rotatable bonds is 2. The van der Waals surface area contributed by atoms with Crippen LogP contribution < -0.4 is 0 Å². The lowest BCUT2D eigenvalue weighted by molar-refractivity contribution is 0.0696. The van der Waals surface area contributed by atoms with Crippen LogP contribution in [-0.2, 0) is 7.05 Å². The molecule has 0 saturated carbocycles. The number of carboxylic acids is 1. The summed E-state index contributed by atoms with van der Waals surface area (Å²) in [6, 6.07) is 1.35. The average Bonchev–Trinajstić information content (AvgIpc) is 2.95. The highest BCUT2D eigenvalue weighted by Gasteiger charge is 2.17. The topological polar surface area (TPSA) is 85.3 Å². The standard InChI is InChI=1S/C12H10ClN5O2/c1-6-8(4-14-17(6)2)10-15-16-11-9(13)3-7(12(19)20)5-18(10)11/h3-5H,1-2H3,(H,19,20). The summed E-state index contributed by atoms with van der Waals surface area (Å²) in [5, 5.41) is 21.6. The number of aryl methyl sites for hydroxylation is 1. The van der Waals surface area contributed by atoms with Crippen LogP contribution in [0, 0.1) is 6.92 Å². The van der Waals surface area contributed by atoms with E-state index in [4.69, 9.17) is 16.7 Å². The average molecular weight is 292 g/mol. The number of hydrogen-bond acceptors (Lipinski definition) is 4. The highest BCUT2D eigenvalue weighted by Crippen LogP contribution is 2.25. The highest BCUT2D eigenvalue weighted by atomic mass is 35.5. The molecule has 0 spiro atoms. The van der Waals surface area contributed by atoms with Crippen molar-refractivity contribution < 1.29 is 9.90 Å². The van der Waals surface area contributed by atoms with Gasteiger partial charge in [-0.2, -0.15) is 5.10 Å². The molecule has 0 amide bonds. The molecule has 0 aromatic carbocycles. The van der Waals surface area contributed by atoms with E-state index < -0.39 is 5.97 Å². The summed E-state index contributed by atoms with van der Waals surface area (Å²) < 4.78 is 3.27. The Morgan fingerprint density at radius 3 is 2.75 bits per heavy atom. The summed E-state index contributed by atoms with van der Waals surface area (Å²) in [5.41, 5.74) is 2.16. The maximum atomic E-state index is 11.1. The van der Waals surface area contributed by atoms with Crippen LogP contribution in [0.3, 0.4) is 0 Å². The maximum Gasteiger partial charge on any atom is 0.337 e. The quantitative estimate of drug-likeness (QED) is 0.778. The third-order valence-electron chi connectivity index (χ3n) is 3.18. The van der Waals surface area contributed by atoms with Gasteiger partial charge >= 0.3 is 5.97 Å². The van der Waals surface area contributed by atoms with Gasteiger partial charge in [-0.05, 0) is 13.0 Å². The fourth-order valence-electron chi connectivity index (χ4n) is 1.97. The van der Waals surface area contributed by atoms with Crippen LogP contribution in [-0.4, -0.2) is 35.5 Å². The van der Waals surface area contributed by atoms with Crippen LogP contribution in [0.25, 0.3) is 17.0 Å². The zero-order valence-corrected chi connectivity index (χ0v) is 11.5. The Balaban J connectivity index is 2.32. The molecule has 3 aromatic rings. The minimum absolute atomic E-state index is 0.0742. The van der Waals surface area contributed by atoms with E-state index in [1.54, 1.807) is 15.3 Å². The van der Waals surface area contributed by atoms with E-state index in [2.05, 4.69) is 15.3 Å². The number of pyridine rings is 1. The third kappa shape index (κ3) is 1.75. The third-order valence-corrected chi connectivity index (χ3v) is 3.46. The van der Waals surface area contributed by atoms with Crippen LogP contribution in [0.1, 0.15) is 16.1 Å². The second kappa shape index (κ2) is 4.31. The number of carboxylic acid groups (broad SMARTS) is 1. The Bertz CT molecular complexity index is 836. The molecule has 102 valence electrons. The van der Waals surface area contributed by atoms with E-state index in [1.807, 2.05) is 14.0 Å². The van der Waals surface area contributed by atoms with Gasteiger partial charge in [-0.1, -0.05) is 11.6 Å². The minimum atomic E-state index is -1.06. The van der Waals surface area contributed by atoms with Gasteiger partial charge in [-0.15, -0.1) is 10.2 Å². The monoisotopic (exact) mass is 291 g/mol. The van der Waals surface area contributed by atoms with Gasteiger partial charge in [0.2, 0.25) is 0 Å². The van der Waals surface area contributed by atoms with Crippen LogP contribution >= 0.6 is 11.6 Å². The molecule has 0 fully saturated rings. The van der Waals surface area contributed by atoms with Gasteiger partial charge in [-0.25, -0.2) is 4.79 Å². The van der Waals surface area contributed by atoms with Gasteiger partial charge < -0.3 is 5.11 Å². The van der Waals surface area contributed by atoms with Gasteiger partial charge in [0.15, 0.2) is 11.5 Å². The first-order valence-corrected chi connectivity index (χ1v) is 6.13. The molecule has 1 N–H and O–H groups in total. The van der Waals surface area contributed by atoms with Crippen molar-refractivity contribution in [1.82, 2.24) is 24.4 Å². The van der Waals surface area contributed by atoms with Crippen molar-refractivity contribution in [3.63, 3.8) is 0 Å². The summed E-state index contributed by atoms with van der Waals surface area (Å²) >= 11 is 6.04. The minimum Gasteiger partial charge on any atom is -0.478 e. The second-order valence-corrected chi connectivity index (χ2v) is 4.77. The highest BCUT2D eigenvalue weighted by molar-refractivity contribution is 6.33. The van der Waals surface area contributed by atoms with Gasteiger partial charge in [0.05, 0.1) is 22.3 Å². The lowest BCUT2D eigenvalue weighted by Gasteiger charge is -2.02. The van der Waals surface area contributed by atoms with E-state index >= 15 is 0 Å². The fraction of sp³-hybridized carbons (Fsp3) is 0.167. The molecular formula is C12H10ClN5O2. The Labute approximate surface area is 118 Å². The van der Waals surface area contributed by atoms with Gasteiger partial charge in [0.1, 0.15) is 0 Å². The molecule has 20 heavy (non-hydrogen) atoms. The fourth-order valence-corrected chi connectivity index (χ4v) is 2.22. The molecule has 7 nitrogen and oxygen atoms in total. The molecule has 0 aliphatic carbocycles. The summed E-state index contributed by atoms with van der Waals surface area (Å²) in [6.45, 7) is 1.89. The van der Waals surface area contributed by atoms with Crippen LogP contribution in [0.5, 0.6) is 0 Å². The number of hydrogen-bond donors (Lipinski definition) is 1. The molecule has 0 saturated heterocycles. The first-order valence-electron chi connectivity index (χ1n) is 5.75. The molecule has 0 aliphatic heterocycles. The van der Waals surface area contributed by atoms with Gasteiger partial charge in [0, 0.05) is 18.9 Å². The Morgan fingerprint density at radius 1 is 1.40 bits per heavy atom. The van der Waals surface area contributed by atoms with Crippen LogP contribution in [0.4, 0.5) is 0 Å². The van der Waals surface area contributed by atoms with Crippen LogP contribution in [0.2, 0.25) is 5.02 Å². The molecular weight excluding hydrogens is 282 g/mol. The summed E-state index contributed by atoms with van der Waals surface area (Å²) in [5.74, 6) is -0.549. The van der Waals surface area contributed by atoms with Crippen molar-refractivity contribution in [1.29, 1.82) is 0 Å². The van der Waals surface area contributed by atoms with Crippen molar-refractivity contribution in [3.05, 3.63) is 34.7 Å². The summed E-state index contributed by atoms with van der Waals surface area (Å²) in [6.07, 6.45) is 3.11. The lowest BCUT2D eigenvalue weighted by Crippen LogP contribution is -2.01. The first kappa shape index (κ1) is 12.6. The lowest BCUT2D eigenvalue weighted by atomic mass is 10.2. The number of aromatic carboxylic acids is 1. The zero-order valence-electron chi connectivity index (χ0n) is 10.7. The number of nitrogens with zero attached hydrogens (tertiary/aromatic N) is 5. The van der Waals surface area contributed by atoms with Crippen LogP contribution in [0.15, 0.2) is 18.5 Å². The van der Waals surface area contributed by atoms with Gasteiger partial charge in [0.25, 0.3) is 0 Å². The molecule has 8 heteroatoms. The van der Waals surface area contributed by atoms with E-state index in [0.29, 0.717) is 11.5 Å². The van der Waals surface area contributed by atoms with E-state index in [-0.39, 0.29) is 10.6 Å². The molecule has 0 bridgehead atoms. The number of halogens is 1. The van der Waals surface area contributed by atoms with Crippen molar-refractivity contribution in [2.24, 2.45) is 7.05 Å². The SMILES string of the molecule is Cc1c(-c2nnc3c(Cl)cc(C(=O)O)cn23)cnn1C. The molecule has 0 atom stereocenters. The van der Waals surface area contributed by atoms with E-state index in [0.717, 1.165) is 11.3 Å². The zero-order chi connectivity index (χ0) is 14.4. The first-order chi connectivity index (χ1) is 9.49. The second-order valence-electron chi connectivity index (χ2n) is 4.37. The number of carbonyl (C=O) groups is 1. The Kier molecular flexibility index (Phi) is 2.72. The van der Waals surface area contributed by atoms with Crippen molar-refractivity contribution >= 4 is 23.2 Å². The Morgan fingerprint density at radius 2 is 2.15 bits per heavy atom. The normalized spacial score (nSPS) is 11.2. The predicted molar refractivity (Wildman–Crippen MR) is 71.9 cm³/mol. The number of aromatic nitrogens is 5. The van der Waals surface area contributed by atoms with Crippen molar-refractivity contribution in [2.75, 3.05) is 0 Å². The molecule has 3 aromatic heterocycles. The molecule has 0 aliphatic rings. The van der Waals surface area contributed by atoms with Gasteiger partial charge in [-0.3, -0.25) is 9.08 Å². The number of fused-ring (bicyclic) bond motifs is 1. The molecule has 0 unspecified atom stereocenters. The largest absolute Gasteiger partial charge is 0.478 e. The Hall–Kier alpha value is -2.41. The predicted octanol–water partition coefficient (Wildman–Crippen LogP) is 1.79. The summed E-state index contributed by atoms with van der Waals surface area (Å²) in [7, 11) is 1.82. The maximum absolute atomic E-state index is 11.1. The van der Waals surface area contributed by atoms with E-state index in [9.17, 15) is 4.79 Å². The van der Waals surface area contributed by atoms with E-state index in [1.165, 1.54) is 12.3 Å². The summed E-state index contributed by atoms with van der Waals surface area (Å²) in [4.78, 5) is 11.1. The molecule has 3 heterocycles. The molecule has 0 radical (unpaired) electrons. The smallest absolute Gasteiger partial charge is 0.337 e.